The van der Waals surface area contributed by atoms with E-state index in [-0.39, 0.29) is 6.04 Å². The standard InChI is InChI=1S/C23H21F3N6/c24-14-3-4-17(26)16(12-14)19-2-1-9-31(19)21-8-11-32-23(28-21)22-18(29-32)5-6-20(27-22)30-10-7-15(25)13-30/h3-6,8,11-12,15,19H,1-2,7,9-10,13H2/t15?,19-/m1/s1. The highest BCUT2D eigenvalue weighted by molar-refractivity contribution is 5.89. The fraction of sp³-hybridized carbons (Fsp3) is 0.348. The summed E-state index contributed by atoms with van der Waals surface area (Å²) in [6.07, 6.45) is 3.05. The lowest BCUT2D eigenvalue weighted by molar-refractivity contribution is 0.364. The van der Waals surface area contributed by atoms with Gasteiger partial charge in [0.15, 0.2) is 5.65 Å². The molecule has 1 aromatic carbocycles. The molecule has 0 saturated carbocycles. The summed E-state index contributed by atoms with van der Waals surface area (Å²) >= 11 is 0. The number of hydrogen-bond acceptors (Lipinski definition) is 5. The Labute approximate surface area is 182 Å². The smallest absolute Gasteiger partial charge is 0.183 e. The maximum Gasteiger partial charge on any atom is 0.183 e. The van der Waals surface area contributed by atoms with Crippen molar-refractivity contribution < 1.29 is 13.2 Å². The second-order valence-electron chi connectivity index (χ2n) is 8.44. The third-order valence-electron chi connectivity index (χ3n) is 6.41. The number of benzene rings is 1. The van der Waals surface area contributed by atoms with Gasteiger partial charge in [0.2, 0.25) is 0 Å². The zero-order valence-electron chi connectivity index (χ0n) is 17.3. The first-order chi connectivity index (χ1) is 15.6. The largest absolute Gasteiger partial charge is 0.354 e. The molecule has 1 unspecified atom stereocenters. The van der Waals surface area contributed by atoms with E-state index in [1.807, 2.05) is 34.2 Å². The molecule has 164 valence electrons. The molecule has 9 heteroatoms. The van der Waals surface area contributed by atoms with E-state index >= 15 is 0 Å². The van der Waals surface area contributed by atoms with Crippen LogP contribution in [0.25, 0.3) is 16.7 Å². The number of rotatable bonds is 3. The Bertz CT molecular complexity index is 1320. The molecule has 4 aromatic rings. The summed E-state index contributed by atoms with van der Waals surface area (Å²) in [5.41, 5.74) is 2.27. The highest BCUT2D eigenvalue weighted by Crippen LogP contribution is 2.37. The van der Waals surface area contributed by atoms with Crippen LogP contribution in [-0.4, -0.2) is 45.4 Å². The van der Waals surface area contributed by atoms with Gasteiger partial charge >= 0.3 is 0 Å². The number of alkyl halides is 1. The number of pyridine rings is 1. The number of halogens is 3. The predicted octanol–water partition coefficient (Wildman–Crippen LogP) is 4.45. The molecule has 5 heterocycles. The minimum atomic E-state index is -0.837. The second kappa shape index (κ2) is 7.36. The summed E-state index contributed by atoms with van der Waals surface area (Å²) in [5.74, 6) is 0.512. The number of nitrogens with zero attached hydrogens (tertiary/aromatic N) is 6. The predicted molar refractivity (Wildman–Crippen MR) is 116 cm³/mol. The van der Waals surface area contributed by atoms with Gasteiger partial charge in [0.05, 0.1) is 12.6 Å². The van der Waals surface area contributed by atoms with Crippen LogP contribution in [0.15, 0.2) is 42.6 Å². The van der Waals surface area contributed by atoms with Crippen molar-refractivity contribution >= 4 is 28.3 Å². The van der Waals surface area contributed by atoms with Crippen molar-refractivity contribution in [3.63, 3.8) is 0 Å². The molecule has 0 bridgehead atoms. The van der Waals surface area contributed by atoms with Gasteiger partial charge in [-0.1, -0.05) is 0 Å². The van der Waals surface area contributed by atoms with E-state index in [1.165, 1.54) is 12.1 Å². The van der Waals surface area contributed by atoms with Crippen LogP contribution in [0.1, 0.15) is 30.9 Å². The first-order valence-corrected chi connectivity index (χ1v) is 10.8. The van der Waals surface area contributed by atoms with Crippen molar-refractivity contribution in [3.8, 4) is 0 Å². The fourth-order valence-corrected chi connectivity index (χ4v) is 4.85. The zero-order chi connectivity index (χ0) is 21.8. The highest BCUT2D eigenvalue weighted by atomic mass is 19.1. The molecule has 0 spiro atoms. The maximum atomic E-state index is 14.5. The van der Waals surface area contributed by atoms with E-state index in [9.17, 15) is 13.2 Å². The molecule has 0 aliphatic carbocycles. The lowest BCUT2D eigenvalue weighted by Crippen LogP contribution is -2.24. The van der Waals surface area contributed by atoms with E-state index in [0.29, 0.717) is 59.9 Å². The first kappa shape index (κ1) is 19.3. The maximum absolute atomic E-state index is 14.5. The van der Waals surface area contributed by atoms with Crippen molar-refractivity contribution in [3.05, 3.63) is 59.8 Å². The summed E-state index contributed by atoms with van der Waals surface area (Å²) in [7, 11) is 0. The molecule has 0 amide bonds. The van der Waals surface area contributed by atoms with E-state index in [4.69, 9.17) is 9.97 Å². The monoisotopic (exact) mass is 438 g/mol. The van der Waals surface area contributed by atoms with Crippen LogP contribution in [0, 0.1) is 11.6 Å². The van der Waals surface area contributed by atoms with Gasteiger partial charge < -0.3 is 9.80 Å². The van der Waals surface area contributed by atoms with Crippen LogP contribution in [0.5, 0.6) is 0 Å². The molecule has 0 radical (unpaired) electrons. The molecular weight excluding hydrogens is 417 g/mol. The quantitative estimate of drug-likeness (QED) is 0.473. The van der Waals surface area contributed by atoms with Gasteiger partial charge in [0, 0.05) is 24.8 Å². The molecule has 2 aliphatic rings. The molecule has 2 aliphatic heterocycles. The normalized spacial score (nSPS) is 21.3. The van der Waals surface area contributed by atoms with Gasteiger partial charge in [-0.2, -0.15) is 5.10 Å². The van der Waals surface area contributed by atoms with E-state index in [1.54, 1.807) is 4.52 Å². The van der Waals surface area contributed by atoms with Crippen LogP contribution in [-0.2, 0) is 0 Å². The number of hydrogen-bond donors (Lipinski definition) is 0. The summed E-state index contributed by atoms with van der Waals surface area (Å²) in [4.78, 5) is 13.5. The average Bonchev–Trinajstić information content (AvgIpc) is 3.52. The summed E-state index contributed by atoms with van der Waals surface area (Å²) < 4.78 is 43.6. The van der Waals surface area contributed by atoms with E-state index < -0.39 is 17.8 Å². The molecule has 2 fully saturated rings. The van der Waals surface area contributed by atoms with E-state index in [2.05, 4.69) is 5.10 Å². The van der Waals surface area contributed by atoms with Crippen LogP contribution in [0.3, 0.4) is 0 Å². The molecule has 6 rings (SSSR count). The third kappa shape index (κ3) is 3.14. The minimum Gasteiger partial charge on any atom is -0.354 e. The fourth-order valence-electron chi connectivity index (χ4n) is 4.85. The summed E-state index contributed by atoms with van der Waals surface area (Å²) in [5, 5.41) is 4.54. The van der Waals surface area contributed by atoms with Crippen LogP contribution < -0.4 is 9.80 Å². The topological polar surface area (TPSA) is 49.6 Å². The Balaban J connectivity index is 1.41. The van der Waals surface area contributed by atoms with Crippen molar-refractivity contribution in [2.24, 2.45) is 0 Å². The van der Waals surface area contributed by atoms with Crippen molar-refractivity contribution in [2.75, 3.05) is 29.4 Å². The molecular formula is C23H21F3N6. The van der Waals surface area contributed by atoms with Crippen molar-refractivity contribution in [1.29, 1.82) is 0 Å². The lowest BCUT2D eigenvalue weighted by atomic mass is 10.0. The summed E-state index contributed by atoms with van der Waals surface area (Å²) in [6.45, 7) is 1.66. The number of fused-ring (bicyclic) bond motifs is 3. The Morgan fingerprint density at radius 2 is 1.84 bits per heavy atom. The Hall–Kier alpha value is -3.36. The van der Waals surface area contributed by atoms with E-state index in [0.717, 1.165) is 18.9 Å². The zero-order valence-corrected chi connectivity index (χ0v) is 17.3. The molecule has 32 heavy (non-hydrogen) atoms. The Morgan fingerprint density at radius 3 is 2.69 bits per heavy atom. The Kier molecular flexibility index (Phi) is 4.44. The SMILES string of the molecule is Fc1ccc(F)c([C@H]2CCCN2c2ccn3nc4ccc(N5CCC(F)C5)nc4c3n2)c1. The lowest BCUT2D eigenvalue weighted by Gasteiger charge is -2.26. The van der Waals surface area contributed by atoms with Gasteiger partial charge in [-0.3, -0.25) is 0 Å². The van der Waals surface area contributed by atoms with Gasteiger partial charge in [0.1, 0.15) is 40.5 Å². The van der Waals surface area contributed by atoms with Crippen LogP contribution >= 0.6 is 0 Å². The van der Waals surface area contributed by atoms with Crippen molar-refractivity contribution in [1.82, 2.24) is 19.6 Å². The molecule has 0 N–H and O–H groups in total. The molecule has 6 nitrogen and oxygen atoms in total. The van der Waals surface area contributed by atoms with Crippen LogP contribution in [0.2, 0.25) is 0 Å². The Morgan fingerprint density at radius 1 is 0.938 bits per heavy atom. The van der Waals surface area contributed by atoms with Crippen LogP contribution in [0.4, 0.5) is 24.8 Å². The highest BCUT2D eigenvalue weighted by Gasteiger charge is 2.30. The second-order valence-corrected chi connectivity index (χ2v) is 8.44. The minimum absolute atomic E-state index is 0.288. The number of aromatic nitrogens is 4. The summed E-state index contributed by atoms with van der Waals surface area (Å²) in [6, 6.07) is 8.86. The van der Waals surface area contributed by atoms with Gasteiger partial charge in [0.25, 0.3) is 0 Å². The number of anilines is 2. The van der Waals surface area contributed by atoms with Gasteiger partial charge in [-0.15, -0.1) is 0 Å². The molecule has 3 aromatic heterocycles. The molecule has 2 saturated heterocycles. The first-order valence-electron chi connectivity index (χ1n) is 10.8. The van der Waals surface area contributed by atoms with Gasteiger partial charge in [-0.25, -0.2) is 27.7 Å². The van der Waals surface area contributed by atoms with Gasteiger partial charge in [-0.05, 0) is 55.7 Å². The average molecular weight is 438 g/mol. The third-order valence-corrected chi connectivity index (χ3v) is 6.41. The van der Waals surface area contributed by atoms with Crippen molar-refractivity contribution in [2.45, 2.75) is 31.5 Å². The molecule has 2 atom stereocenters.